The van der Waals surface area contributed by atoms with Crippen LogP contribution in [0.25, 0.3) is 0 Å². The summed E-state index contributed by atoms with van der Waals surface area (Å²) in [7, 11) is 0. The van der Waals surface area contributed by atoms with Crippen molar-refractivity contribution in [2.45, 2.75) is 45.3 Å². The molecule has 2 heterocycles. The molecule has 0 radical (unpaired) electrons. The van der Waals surface area contributed by atoms with Crippen LogP contribution in [0.2, 0.25) is 0 Å². The van der Waals surface area contributed by atoms with Crippen LogP contribution in [0.3, 0.4) is 0 Å². The van der Waals surface area contributed by atoms with Crippen molar-refractivity contribution >= 4 is 5.91 Å². The highest BCUT2D eigenvalue weighted by molar-refractivity contribution is 5.80. The van der Waals surface area contributed by atoms with Crippen LogP contribution in [0.1, 0.15) is 33.1 Å². The number of hydrogen-bond donors (Lipinski definition) is 1. The number of carbonyl (C=O) groups is 1. The van der Waals surface area contributed by atoms with E-state index >= 15 is 0 Å². The Hall–Kier alpha value is -0.650. The van der Waals surface area contributed by atoms with Gasteiger partial charge in [-0.15, -0.1) is 0 Å². The molecule has 116 valence electrons. The van der Waals surface area contributed by atoms with Crippen molar-refractivity contribution in [3.05, 3.63) is 0 Å². The standard InChI is InChI=1S/C15H28N2O3/c1-3-19-10-11-20-13-5-8-17(9-6-13)15(18)14-4-7-16-12(14)2/h12-14,16H,3-11H2,1-2H3. The zero-order chi connectivity index (χ0) is 14.4. The van der Waals surface area contributed by atoms with Crippen LogP contribution in [-0.4, -0.2) is 62.4 Å². The van der Waals surface area contributed by atoms with Gasteiger partial charge in [-0.25, -0.2) is 0 Å². The lowest BCUT2D eigenvalue weighted by Gasteiger charge is -2.34. The molecule has 0 aromatic heterocycles. The number of amides is 1. The summed E-state index contributed by atoms with van der Waals surface area (Å²) in [4.78, 5) is 14.5. The van der Waals surface area contributed by atoms with Gasteiger partial charge in [0.15, 0.2) is 0 Å². The molecule has 0 aliphatic carbocycles. The fraction of sp³-hybridized carbons (Fsp3) is 0.933. The van der Waals surface area contributed by atoms with Gasteiger partial charge in [0, 0.05) is 25.7 Å². The minimum Gasteiger partial charge on any atom is -0.379 e. The Morgan fingerprint density at radius 2 is 2.00 bits per heavy atom. The molecule has 5 nitrogen and oxygen atoms in total. The number of ether oxygens (including phenoxy) is 2. The summed E-state index contributed by atoms with van der Waals surface area (Å²) in [5.74, 6) is 0.501. The smallest absolute Gasteiger partial charge is 0.227 e. The molecule has 2 atom stereocenters. The van der Waals surface area contributed by atoms with E-state index in [9.17, 15) is 4.79 Å². The summed E-state index contributed by atoms with van der Waals surface area (Å²) in [5.41, 5.74) is 0. The average molecular weight is 284 g/mol. The van der Waals surface area contributed by atoms with E-state index in [1.54, 1.807) is 0 Å². The lowest BCUT2D eigenvalue weighted by molar-refractivity contribution is -0.138. The molecule has 1 N–H and O–H groups in total. The maximum absolute atomic E-state index is 12.4. The quantitative estimate of drug-likeness (QED) is 0.740. The third kappa shape index (κ3) is 4.17. The minimum atomic E-state index is 0.172. The summed E-state index contributed by atoms with van der Waals surface area (Å²) in [6, 6.07) is 0.322. The summed E-state index contributed by atoms with van der Waals surface area (Å²) in [6.45, 7) is 8.81. The number of hydrogen-bond acceptors (Lipinski definition) is 4. The molecule has 20 heavy (non-hydrogen) atoms. The zero-order valence-electron chi connectivity index (χ0n) is 12.8. The van der Waals surface area contributed by atoms with Gasteiger partial charge in [-0.1, -0.05) is 0 Å². The van der Waals surface area contributed by atoms with Gasteiger partial charge >= 0.3 is 0 Å². The maximum atomic E-state index is 12.4. The van der Waals surface area contributed by atoms with Gasteiger partial charge in [-0.05, 0) is 39.7 Å². The third-order valence-corrected chi connectivity index (χ3v) is 4.38. The first kappa shape index (κ1) is 15.7. The topological polar surface area (TPSA) is 50.8 Å². The average Bonchev–Trinajstić information content (AvgIpc) is 2.90. The highest BCUT2D eigenvalue weighted by Gasteiger charge is 2.34. The van der Waals surface area contributed by atoms with Crippen molar-refractivity contribution in [1.82, 2.24) is 10.2 Å². The van der Waals surface area contributed by atoms with Gasteiger partial charge in [0.2, 0.25) is 5.91 Å². The van der Waals surface area contributed by atoms with Crippen molar-refractivity contribution in [3.8, 4) is 0 Å². The lowest BCUT2D eigenvalue weighted by Crippen LogP contribution is -2.45. The predicted octanol–water partition coefficient (Wildman–Crippen LogP) is 1.03. The summed E-state index contributed by atoms with van der Waals surface area (Å²) >= 11 is 0. The van der Waals surface area contributed by atoms with Gasteiger partial charge in [-0.2, -0.15) is 0 Å². The molecule has 0 spiro atoms. The van der Waals surface area contributed by atoms with Gasteiger partial charge in [0.1, 0.15) is 0 Å². The Morgan fingerprint density at radius 3 is 2.60 bits per heavy atom. The second-order valence-electron chi connectivity index (χ2n) is 5.73. The molecule has 2 rings (SSSR count). The highest BCUT2D eigenvalue weighted by Crippen LogP contribution is 2.21. The molecule has 2 saturated heterocycles. The molecule has 2 aliphatic heterocycles. The normalized spacial score (nSPS) is 28.0. The Bertz CT molecular complexity index is 303. The van der Waals surface area contributed by atoms with E-state index in [1.165, 1.54) is 0 Å². The number of nitrogens with zero attached hydrogens (tertiary/aromatic N) is 1. The van der Waals surface area contributed by atoms with E-state index in [0.717, 1.165) is 45.5 Å². The second kappa shape index (κ2) is 7.96. The monoisotopic (exact) mass is 284 g/mol. The number of piperidine rings is 1. The molecule has 1 amide bonds. The van der Waals surface area contributed by atoms with Crippen molar-refractivity contribution in [3.63, 3.8) is 0 Å². The second-order valence-corrected chi connectivity index (χ2v) is 5.73. The van der Waals surface area contributed by atoms with Gasteiger partial charge in [0.25, 0.3) is 0 Å². The van der Waals surface area contributed by atoms with E-state index in [0.29, 0.717) is 31.3 Å². The zero-order valence-corrected chi connectivity index (χ0v) is 12.8. The molecule has 2 fully saturated rings. The molecule has 5 heteroatoms. The van der Waals surface area contributed by atoms with E-state index in [4.69, 9.17) is 9.47 Å². The largest absolute Gasteiger partial charge is 0.379 e. The molecular weight excluding hydrogens is 256 g/mol. The van der Waals surface area contributed by atoms with E-state index in [1.807, 2.05) is 11.8 Å². The van der Waals surface area contributed by atoms with Crippen LogP contribution >= 0.6 is 0 Å². The number of nitrogens with one attached hydrogen (secondary N) is 1. The number of carbonyl (C=O) groups excluding carboxylic acids is 1. The van der Waals surface area contributed by atoms with Gasteiger partial charge < -0.3 is 19.7 Å². The minimum absolute atomic E-state index is 0.172. The van der Waals surface area contributed by atoms with Crippen LogP contribution in [0.15, 0.2) is 0 Å². The number of likely N-dealkylation sites (tertiary alicyclic amines) is 1. The molecular formula is C15H28N2O3. The van der Waals surface area contributed by atoms with Crippen LogP contribution < -0.4 is 5.32 Å². The van der Waals surface area contributed by atoms with E-state index < -0.39 is 0 Å². The van der Waals surface area contributed by atoms with E-state index in [-0.39, 0.29) is 5.92 Å². The molecule has 0 aromatic rings. The van der Waals surface area contributed by atoms with Crippen LogP contribution in [0.4, 0.5) is 0 Å². The predicted molar refractivity (Wildman–Crippen MR) is 77.6 cm³/mol. The van der Waals surface area contributed by atoms with Gasteiger partial charge in [-0.3, -0.25) is 4.79 Å². The first-order valence-electron chi connectivity index (χ1n) is 7.94. The van der Waals surface area contributed by atoms with Crippen molar-refractivity contribution in [2.75, 3.05) is 39.5 Å². The SMILES string of the molecule is CCOCCOC1CCN(C(=O)C2CCNC2C)CC1. The summed E-state index contributed by atoms with van der Waals surface area (Å²) < 4.78 is 11.1. The lowest BCUT2D eigenvalue weighted by atomic mass is 9.98. The Balaban J connectivity index is 1.67. The Labute approximate surface area is 122 Å². The summed E-state index contributed by atoms with van der Waals surface area (Å²) in [5, 5.41) is 3.35. The first-order valence-corrected chi connectivity index (χ1v) is 7.94. The molecule has 0 bridgehead atoms. The molecule has 2 unspecified atom stereocenters. The van der Waals surface area contributed by atoms with Crippen LogP contribution in [-0.2, 0) is 14.3 Å². The molecule has 0 aromatic carbocycles. The van der Waals surface area contributed by atoms with Crippen LogP contribution in [0.5, 0.6) is 0 Å². The fourth-order valence-electron chi connectivity index (χ4n) is 3.09. The van der Waals surface area contributed by atoms with E-state index in [2.05, 4.69) is 12.2 Å². The van der Waals surface area contributed by atoms with Gasteiger partial charge in [0.05, 0.1) is 25.2 Å². The van der Waals surface area contributed by atoms with Crippen molar-refractivity contribution in [2.24, 2.45) is 5.92 Å². The summed E-state index contributed by atoms with van der Waals surface area (Å²) in [6.07, 6.45) is 3.17. The van der Waals surface area contributed by atoms with Crippen molar-refractivity contribution in [1.29, 1.82) is 0 Å². The first-order chi connectivity index (χ1) is 9.72. The Kier molecular flexibility index (Phi) is 6.26. The number of rotatable bonds is 6. The van der Waals surface area contributed by atoms with Crippen LogP contribution in [0, 0.1) is 5.92 Å². The van der Waals surface area contributed by atoms with Crippen molar-refractivity contribution < 1.29 is 14.3 Å². The maximum Gasteiger partial charge on any atom is 0.227 e. The molecule has 2 aliphatic rings. The highest BCUT2D eigenvalue weighted by atomic mass is 16.5. The third-order valence-electron chi connectivity index (χ3n) is 4.38. The fourth-order valence-corrected chi connectivity index (χ4v) is 3.09. The molecule has 0 saturated carbocycles. The Morgan fingerprint density at radius 1 is 1.25 bits per heavy atom.